The summed E-state index contributed by atoms with van der Waals surface area (Å²) in [7, 11) is 0. The van der Waals surface area contributed by atoms with Crippen LogP contribution in [-0.2, 0) is 6.00 Å². The normalized spacial score (nSPS) is 11.1. The summed E-state index contributed by atoms with van der Waals surface area (Å²) in [5, 5.41) is 0. The number of rotatable bonds is 1. The average Bonchev–Trinajstić information content (AvgIpc) is 2.42. The predicted octanol–water partition coefficient (Wildman–Crippen LogP) is 2.26. The van der Waals surface area contributed by atoms with Gasteiger partial charge in [0, 0.05) is 10.5 Å². The van der Waals surface area contributed by atoms with Crippen LogP contribution in [0.1, 0.15) is 5.69 Å². The second-order valence-corrected chi connectivity index (χ2v) is 3.89. The molecule has 0 bridgehead atoms. The minimum Gasteiger partial charge on any atom is -0.406 e. The zero-order valence-corrected chi connectivity index (χ0v) is 9.59. The monoisotopic (exact) mass is 276 g/mol. The Balaban J connectivity index is 2.89. The lowest BCUT2D eigenvalue weighted by molar-refractivity contribution is 0.525. The van der Waals surface area contributed by atoms with Crippen molar-refractivity contribution in [3.63, 3.8) is 0 Å². The molecule has 0 saturated heterocycles. The summed E-state index contributed by atoms with van der Waals surface area (Å²) in [6.07, 6.45) is 0. The standard InChI is InChI=1S/C8H6BrClN2O2/c1-4-5(9)2-6-7(11-4)12(3-10)8(13)14-6/h2H,3H2,1H3. The lowest BCUT2D eigenvalue weighted by Gasteiger charge is -1.97. The third-order valence-corrected chi connectivity index (χ3v) is 2.93. The van der Waals surface area contributed by atoms with E-state index in [1.54, 1.807) is 6.07 Å². The van der Waals surface area contributed by atoms with E-state index in [-0.39, 0.29) is 6.00 Å². The summed E-state index contributed by atoms with van der Waals surface area (Å²) < 4.78 is 7.04. The van der Waals surface area contributed by atoms with Crippen molar-refractivity contribution in [2.24, 2.45) is 0 Å². The van der Waals surface area contributed by atoms with Crippen molar-refractivity contribution in [2.75, 3.05) is 0 Å². The molecule has 0 aliphatic rings. The van der Waals surface area contributed by atoms with E-state index in [1.807, 2.05) is 6.92 Å². The Bertz CT molecular complexity index is 546. The second-order valence-electron chi connectivity index (χ2n) is 2.79. The molecule has 0 saturated carbocycles. The molecule has 0 aliphatic carbocycles. The first-order chi connectivity index (χ1) is 6.63. The van der Waals surface area contributed by atoms with Crippen molar-refractivity contribution in [1.82, 2.24) is 9.55 Å². The summed E-state index contributed by atoms with van der Waals surface area (Å²) in [5.41, 5.74) is 1.70. The molecular weight excluding hydrogens is 271 g/mol. The molecule has 0 atom stereocenters. The number of halogens is 2. The molecule has 0 spiro atoms. The fourth-order valence-electron chi connectivity index (χ4n) is 1.16. The second kappa shape index (κ2) is 3.40. The highest BCUT2D eigenvalue weighted by atomic mass is 79.9. The van der Waals surface area contributed by atoms with E-state index in [9.17, 15) is 4.79 Å². The topological polar surface area (TPSA) is 48.0 Å². The van der Waals surface area contributed by atoms with Crippen molar-refractivity contribution < 1.29 is 4.42 Å². The van der Waals surface area contributed by atoms with Gasteiger partial charge in [-0.05, 0) is 22.9 Å². The largest absolute Gasteiger partial charge is 0.422 e. The van der Waals surface area contributed by atoms with Gasteiger partial charge in [-0.25, -0.2) is 14.3 Å². The Labute approximate surface area is 92.6 Å². The fraction of sp³-hybridized carbons (Fsp3) is 0.250. The SMILES string of the molecule is Cc1nc2c(cc1Br)oc(=O)n2CCl. The van der Waals surface area contributed by atoms with Gasteiger partial charge in [0.2, 0.25) is 0 Å². The number of pyridine rings is 1. The Morgan fingerprint density at radius 1 is 1.71 bits per heavy atom. The van der Waals surface area contributed by atoms with Gasteiger partial charge in [-0.1, -0.05) is 0 Å². The number of hydrogen-bond acceptors (Lipinski definition) is 3. The molecule has 0 amide bonds. The highest BCUT2D eigenvalue weighted by Crippen LogP contribution is 2.20. The maximum absolute atomic E-state index is 11.2. The first-order valence-corrected chi connectivity index (χ1v) is 5.18. The summed E-state index contributed by atoms with van der Waals surface area (Å²) in [4.78, 5) is 15.5. The molecule has 14 heavy (non-hydrogen) atoms. The van der Waals surface area contributed by atoms with Gasteiger partial charge >= 0.3 is 5.76 Å². The van der Waals surface area contributed by atoms with Crippen molar-refractivity contribution in [1.29, 1.82) is 0 Å². The van der Waals surface area contributed by atoms with E-state index in [4.69, 9.17) is 16.0 Å². The van der Waals surface area contributed by atoms with Crippen LogP contribution in [0.25, 0.3) is 11.2 Å². The number of nitrogens with zero attached hydrogens (tertiary/aromatic N) is 2. The number of hydrogen-bond donors (Lipinski definition) is 0. The lowest BCUT2D eigenvalue weighted by atomic mass is 10.4. The lowest BCUT2D eigenvalue weighted by Crippen LogP contribution is -2.11. The molecule has 0 unspecified atom stereocenters. The zero-order chi connectivity index (χ0) is 10.3. The predicted molar refractivity (Wildman–Crippen MR) is 56.6 cm³/mol. The smallest absolute Gasteiger partial charge is 0.406 e. The van der Waals surface area contributed by atoms with Crippen LogP contribution < -0.4 is 5.76 Å². The van der Waals surface area contributed by atoms with E-state index in [0.29, 0.717) is 11.2 Å². The number of aryl methyl sites for hydroxylation is 1. The van der Waals surface area contributed by atoms with E-state index < -0.39 is 5.76 Å². The molecule has 0 radical (unpaired) electrons. The Kier molecular flexibility index (Phi) is 2.36. The quantitative estimate of drug-likeness (QED) is 0.751. The summed E-state index contributed by atoms with van der Waals surface area (Å²) >= 11 is 8.90. The summed E-state index contributed by atoms with van der Waals surface area (Å²) in [5.74, 6) is -0.486. The maximum atomic E-state index is 11.2. The third-order valence-electron chi connectivity index (χ3n) is 1.89. The van der Waals surface area contributed by atoms with Crippen molar-refractivity contribution >= 4 is 38.8 Å². The van der Waals surface area contributed by atoms with Gasteiger partial charge in [0.25, 0.3) is 0 Å². The van der Waals surface area contributed by atoms with Gasteiger partial charge in [-0.15, -0.1) is 11.6 Å². The Hall–Kier alpha value is -0.810. The molecule has 2 aromatic rings. The molecule has 0 N–H and O–H groups in total. The molecule has 2 heterocycles. The third kappa shape index (κ3) is 1.36. The van der Waals surface area contributed by atoms with Crippen LogP contribution in [0.2, 0.25) is 0 Å². The number of oxazole rings is 1. The fourth-order valence-corrected chi connectivity index (χ4v) is 1.67. The number of aromatic nitrogens is 2. The highest BCUT2D eigenvalue weighted by molar-refractivity contribution is 9.10. The summed E-state index contributed by atoms with van der Waals surface area (Å²) in [6.45, 7) is 1.83. The average molecular weight is 278 g/mol. The molecule has 6 heteroatoms. The van der Waals surface area contributed by atoms with Crippen LogP contribution in [-0.4, -0.2) is 9.55 Å². The van der Waals surface area contributed by atoms with Crippen LogP contribution in [0, 0.1) is 6.92 Å². The van der Waals surface area contributed by atoms with E-state index in [1.165, 1.54) is 4.57 Å². The summed E-state index contributed by atoms with van der Waals surface area (Å²) in [6, 6.07) is 1.75. The zero-order valence-electron chi connectivity index (χ0n) is 7.25. The number of fused-ring (bicyclic) bond motifs is 1. The van der Waals surface area contributed by atoms with Gasteiger partial charge in [0.05, 0.1) is 5.69 Å². The number of alkyl halides is 1. The van der Waals surface area contributed by atoms with Crippen molar-refractivity contribution in [2.45, 2.75) is 12.9 Å². The minimum atomic E-state index is -0.486. The first kappa shape index (κ1) is 9.73. The maximum Gasteiger partial charge on any atom is 0.422 e. The molecule has 4 nitrogen and oxygen atoms in total. The van der Waals surface area contributed by atoms with Crippen LogP contribution in [0.5, 0.6) is 0 Å². The van der Waals surface area contributed by atoms with Gasteiger partial charge in [0.1, 0.15) is 6.00 Å². The van der Waals surface area contributed by atoms with E-state index >= 15 is 0 Å². The van der Waals surface area contributed by atoms with Gasteiger partial charge in [0.15, 0.2) is 11.2 Å². The van der Waals surface area contributed by atoms with Crippen LogP contribution in [0.15, 0.2) is 19.8 Å². The Morgan fingerprint density at radius 2 is 2.43 bits per heavy atom. The van der Waals surface area contributed by atoms with Crippen LogP contribution >= 0.6 is 27.5 Å². The van der Waals surface area contributed by atoms with E-state index in [2.05, 4.69) is 20.9 Å². The molecule has 2 rings (SSSR count). The first-order valence-electron chi connectivity index (χ1n) is 3.86. The van der Waals surface area contributed by atoms with Gasteiger partial charge < -0.3 is 4.42 Å². The highest BCUT2D eigenvalue weighted by Gasteiger charge is 2.11. The van der Waals surface area contributed by atoms with Crippen molar-refractivity contribution in [3.8, 4) is 0 Å². The van der Waals surface area contributed by atoms with Crippen LogP contribution in [0.4, 0.5) is 0 Å². The molecule has 74 valence electrons. The minimum absolute atomic E-state index is 0.0416. The van der Waals surface area contributed by atoms with Gasteiger partial charge in [-0.2, -0.15) is 0 Å². The van der Waals surface area contributed by atoms with Gasteiger partial charge in [-0.3, -0.25) is 0 Å². The van der Waals surface area contributed by atoms with E-state index in [0.717, 1.165) is 10.2 Å². The van der Waals surface area contributed by atoms with Crippen molar-refractivity contribution in [3.05, 3.63) is 26.8 Å². The molecule has 2 aromatic heterocycles. The van der Waals surface area contributed by atoms with Crippen LogP contribution in [0.3, 0.4) is 0 Å². The Morgan fingerprint density at radius 3 is 3.07 bits per heavy atom. The molecule has 0 fully saturated rings. The molecular formula is C8H6BrClN2O2. The molecule has 0 aromatic carbocycles. The molecule has 0 aliphatic heterocycles.